The summed E-state index contributed by atoms with van der Waals surface area (Å²) in [6, 6.07) is 28.4. The van der Waals surface area contributed by atoms with E-state index in [4.69, 9.17) is 9.59 Å². The Hall–Kier alpha value is -6.66. The first-order valence-electron chi connectivity index (χ1n) is 26.1. The van der Waals surface area contributed by atoms with Crippen LogP contribution < -0.4 is 31.9 Å². The van der Waals surface area contributed by atoms with Crippen LogP contribution in [-0.4, -0.2) is 211 Å². The fourth-order valence-corrected chi connectivity index (χ4v) is 10.1. The van der Waals surface area contributed by atoms with Gasteiger partial charge in [-0.25, -0.2) is 5.26 Å². The Morgan fingerprint density at radius 1 is 0.525 bits per heavy atom. The lowest BCUT2D eigenvalue weighted by molar-refractivity contribution is -0.907. The van der Waals surface area contributed by atoms with Gasteiger partial charge in [-0.05, 0) is 59.7 Å². The molecule has 0 aliphatic heterocycles. The summed E-state index contributed by atoms with van der Waals surface area (Å²) >= 11 is 0.686. The van der Waals surface area contributed by atoms with Gasteiger partial charge in [0, 0.05) is 53.6 Å². The first-order chi connectivity index (χ1) is 37.7. The van der Waals surface area contributed by atoms with Crippen LogP contribution in [-0.2, 0) is 19.5 Å². The van der Waals surface area contributed by atoms with Crippen LogP contribution in [0.4, 0.5) is 58.4 Å². The molecule has 0 aliphatic carbocycles. The van der Waals surface area contributed by atoms with Crippen molar-refractivity contribution < 1.29 is 55.7 Å². The van der Waals surface area contributed by atoms with E-state index in [2.05, 4.69) is 137 Å². The molecule has 0 saturated carbocycles. The molecule has 2 unspecified atom stereocenters. The number of nitrogens with zero attached hydrogens (tertiary/aromatic N) is 10. The molecule has 2 aromatic heterocycles. The summed E-state index contributed by atoms with van der Waals surface area (Å²) in [7, 11) is 15.9. The highest BCUT2D eigenvalue weighted by atomic mass is 32.2. The van der Waals surface area contributed by atoms with E-state index >= 15 is 0 Å². The number of benzene rings is 4. The number of rotatable bonds is 32. The van der Waals surface area contributed by atoms with Crippen molar-refractivity contribution in [1.82, 2.24) is 29.9 Å². The van der Waals surface area contributed by atoms with Gasteiger partial charge in [0.15, 0.2) is 12.2 Å². The molecule has 2 heterocycles. The van der Waals surface area contributed by atoms with Crippen molar-refractivity contribution in [3.8, 4) is 0 Å². The molecule has 0 aliphatic rings. The van der Waals surface area contributed by atoms with Crippen LogP contribution in [0.5, 0.6) is 0 Å². The lowest BCUT2D eigenvalue weighted by atomic mass is 10.1. The van der Waals surface area contributed by atoms with E-state index in [1.165, 1.54) is 18.2 Å². The van der Waals surface area contributed by atoms with E-state index < -0.39 is 27.2 Å². The summed E-state index contributed by atoms with van der Waals surface area (Å²) in [6.45, 7) is 5.16. The van der Waals surface area contributed by atoms with Crippen LogP contribution in [0.15, 0.2) is 107 Å². The van der Waals surface area contributed by atoms with E-state index in [1.807, 2.05) is 60.7 Å². The molecule has 24 nitrogen and oxygen atoms in total. The molecule has 0 bridgehead atoms. The van der Waals surface area contributed by atoms with E-state index in [-0.39, 0.29) is 41.0 Å². The molecule has 432 valence electrons. The SMILES string of the molecule is C[N+](C)(C)CC(O)C[N+](C)(C)CCCNc1nc(Nc2ccccc2)nc(Nc2ccc(/C=C/c3ccc(Nc4nc(NCCC[N+](C)(C)CC(O)C[N+](C)(C)C)nc(Nc5ccccc5)n4)cc3S(=O)(=O)O)c(SOOO)c2)n1. The molecule has 80 heavy (non-hydrogen) atoms. The normalized spacial score (nSPS) is 13.2. The second kappa shape index (κ2) is 28.2. The molecule has 10 N–H and O–H groups in total. The highest BCUT2D eigenvalue weighted by Crippen LogP contribution is 2.32. The lowest BCUT2D eigenvalue weighted by Crippen LogP contribution is -2.51. The Bertz CT molecular complexity index is 3080. The van der Waals surface area contributed by atoms with Crippen molar-refractivity contribution in [2.45, 2.75) is 34.8 Å². The Morgan fingerprint density at radius 3 is 1.32 bits per heavy atom. The van der Waals surface area contributed by atoms with Crippen LogP contribution >= 0.6 is 12.0 Å². The maximum absolute atomic E-state index is 13.0. The minimum Gasteiger partial charge on any atom is -0.382 e. The van der Waals surface area contributed by atoms with Crippen LogP contribution in [0.1, 0.15) is 24.0 Å². The van der Waals surface area contributed by atoms with Crippen molar-refractivity contribution in [2.75, 3.05) is 155 Å². The van der Waals surface area contributed by atoms with Crippen molar-refractivity contribution in [3.63, 3.8) is 0 Å². The number of para-hydroxylation sites is 2. The number of aliphatic hydroxyl groups is 2. The van der Waals surface area contributed by atoms with Crippen molar-refractivity contribution in [3.05, 3.63) is 108 Å². The second-order valence-electron chi connectivity index (χ2n) is 22.9. The van der Waals surface area contributed by atoms with Crippen molar-refractivity contribution >= 4 is 92.8 Å². The molecule has 0 amide bonds. The average Bonchev–Trinajstić information content (AvgIpc) is 3.37. The Kier molecular flexibility index (Phi) is 22.0. The number of hydrogen-bond acceptors (Lipinski definition) is 20. The minimum absolute atomic E-state index is 0.0954. The quantitative estimate of drug-likeness (QED) is 0.00397. The molecule has 6 aromatic rings. The topological polar surface area (TPSA) is 283 Å². The molecular formula is C54H80N16O8S2+4. The van der Waals surface area contributed by atoms with Gasteiger partial charge < -0.3 is 60.0 Å². The van der Waals surface area contributed by atoms with Gasteiger partial charge in [0.2, 0.25) is 35.7 Å². The molecule has 0 radical (unpaired) electrons. The van der Waals surface area contributed by atoms with Crippen LogP contribution in [0.25, 0.3) is 12.2 Å². The van der Waals surface area contributed by atoms with E-state index in [1.54, 1.807) is 30.3 Å². The van der Waals surface area contributed by atoms with Gasteiger partial charge in [-0.15, -0.1) is 4.33 Å². The smallest absolute Gasteiger partial charge is 0.295 e. The number of aromatic nitrogens is 6. The molecule has 0 saturated heterocycles. The summed E-state index contributed by atoms with van der Waals surface area (Å²) in [5, 5.41) is 53.9. The molecule has 2 atom stereocenters. The first kappa shape index (κ1) is 62.5. The van der Waals surface area contributed by atoms with Gasteiger partial charge in [0.25, 0.3) is 10.1 Å². The third-order valence-corrected chi connectivity index (χ3v) is 13.7. The number of hydrogen-bond donors (Lipinski definition) is 10. The van der Waals surface area contributed by atoms with Gasteiger partial charge in [-0.1, -0.05) is 65.7 Å². The van der Waals surface area contributed by atoms with Gasteiger partial charge in [0.1, 0.15) is 31.1 Å². The summed E-state index contributed by atoms with van der Waals surface area (Å²) in [4.78, 5) is 27.7. The fourth-order valence-electron chi connectivity index (χ4n) is 8.84. The summed E-state index contributed by atoms with van der Waals surface area (Å²) < 4.78 is 44.0. The summed E-state index contributed by atoms with van der Waals surface area (Å²) in [5.74, 6) is 1.39. The molecule has 26 heteroatoms. The van der Waals surface area contributed by atoms with Gasteiger partial charge >= 0.3 is 0 Å². The molecular weight excluding hydrogens is 1060 g/mol. The Balaban J connectivity index is 1.19. The second-order valence-corrected chi connectivity index (χ2v) is 25.0. The lowest BCUT2D eigenvalue weighted by Gasteiger charge is -2.34. The van der Waals surface area contributed by atoms with Gasteiger partial charge in [0.05, 0.1) is 95.6 Å². The summed E-state index contributed by atoms with van der Waals surface area (Å²) in [5.41, 5.74) is 2.93. The molecule has 0 spiro atoms. The highest BCUT2D eigenvalue weighted by molar-refractivity contribution is 7.94. The van der Waals surface area contributed by atoms with Crippen LogP contribution in [0.2, 0.25) is 0 Å². The zero-order valence-corrected chi connectivity index (χ0v) is 49.0. The number of quaternary nitrogens is 4. The van der Waals surface area contributed by atoms with E-state index in [0.29, 0.717) is 91.3 Å². The molecule has 0 fully saturated rings. The standard InChI is InChI=1S/C54H78N16O8S2/c1-67(2,3)35-45(71)37-69(7,8)31-17-29-55-49-61-51(57-41-19-13-11-14-20-41)65-53(63-49)59-43-27-25-39(47(33-43)79-78-77-73)23-24-40-26-28-44(34-48(40)80(74,75)76)60-54-64-50(62-52(66-54)58-42-21-15-12-16-22-42)56-30-18-32-70(9,10)38-46(72)36-68(4,5)6/h11-16,19-28,33-34,45-46,71-72H,17-18,29-32,35-38H2,1-10H3,(H6-2,55,56,57,58,59,60,61,62,63,64,65,66,73,74,75,76)/q+2/p+2/b24-23+. The number of aliphatic hydroxyl groups excluding tert-OH is 2. The van der Waals surface area contributed by atoms with Crippen LogP contribution in [0.3, 0.4) is 0 Å². The summed E-state index contributed by atoms with van der Waals surface area (Å²) in [6.07, 6.45) is 3.75. The predicted octanol–water partition coefficient (Wildman–Crippen LogP) is 6.77. The van der Waals surface area contributed by atoms with Gasteiger partial charge in [-0.2, -0.15) is 38.3 Å². The largest absolute Gasteiger partial charge is 0.382 e. The monoisotopic (exact) mass is 1140 g/mol. The van der Waals surface area contributed by atoms with E-state index in [9.17, 15) is 23.2 Å². The Labute approximate surface area is 474 Å². The van der Waals surface area contributed by atoms with Crippen LogP contribution in [0, 0.1) is 0 Å². The zero-order valence-electron chi connectivity index (χ0n) is 47.3. The third kappa shape index (κ3) is 22.1. The maximum Gasteiger partial charge on any atom is 0.295 e. The molecule has 6 rings (SSSR count). The highest BCUT2D eigenvalue weighted by Gasteiger charge is 2.27. The zero-order chi connectivity index (χ0) is 58.1. The third-order valence-electron chi connectivity index (χ3n) is 12.1. The number of likely N-dealkylation sites (N-methyl/N-ethyl adjacent to an activating group) is 4. The average molecular weight is 1150 g/mol. The number of anilines is 10. The van der Waals surface area contributed by atoms with Crippen molar-refractivity contribution in [1.29, 1.82) is 0 Å². The first-order valence-corrected chi connectivity index (χ1v) is 28.2. The minimum atomic E-state index is -4.79. The Morgan fingerprint density at radius 2 is 0.912 bits per heavy atom. The fraction of sp³-hybridized carbons (Fsp3) is 0.407. The maximum atomic E-state index is 13.0. The van der Waals surface area contributed by atoms with Gasteiger partial charge in [-0.3, -0.25) is 4.55 Å². The van der Waals surface area contributed by atoms with Crippen molar-refractivity contribution in [2.24, 2.45) is 0 Å². The number of nitrogens with one attached hydrogen (secondary N) is 6. The predicted molar refractivity (Wildman–Crippen MR) is 316 cm³/mol. The molecule has 4 aromatic carbocycles. The van der Waals surface area contributed by atoms with E-state index in [0.717, 1.165) is 37.3 Å².